The van der Waals surface area contributed by atoms with Gasteiger partial charge in [-0.05, 0) is 24.5 Å². The van der Waals surface area contributed by atoms with E-state index < -0.39 is 17.5 Å². The molecule has 0 spiro atoms. The van der Waals surface area contributed by atoms with E-state index >= 15 is 0 Å². The third-order valence-corrected chi connectivity index (χ3v) is 4.23. The number of rotatable bonds is 8. The second-order valence-electron chi connectivity index (χ2n) is 5.71. The van der Waals surface area contributed by atoms with Gasteiger partial charge in [0, 0.05) is 12.2 Å². The Morgan fingerprint density at radius 3 is 1.65 bits per heavy atom. The van der Waals surface area contributed by atoms with Crippen molar-refractivity contribution in [1.82, 2.24) is 0 Å². The molecule has 0 radical (unpaired) electrons. The molecule has 0 aromatic heterocycles. The molecule has 26 heavy (non-hydrogen) atoms. The lowest BCUT2D eigenvalue weighted by Gasteiger charge is -2.31. The first-order valence-corrected chi connectivity index (χ1v) is 8.44. The number of carboxylic acids is 2. The largest absolute Gasteiger partial charge is 0.479 e. The quantitative estimate of drug-likeness (QED) is 0.704. The molecule has 2 rings (SSSR count). The van der Waals surface area contributed by atoms with E-state index in [-0.39, 0.29) is 18.6 Å². The molecule has 0 aliphatic heterocycles. The fourth-order valence-electron chi connectivity index (χ4n) is 3.06. The lowest BCUT2D eigenvalue weighted by atomic mass is 9.82. The van der Waals surface area contributed by atoms with Crippen LogP contribution in [0.4, 0.5) is 0 Å². The standard InChI is InChI=1S/C21H22O5/c1-3-21(20(24)25,26-4-2)18(19(22)23)17(15-11-7-5-8-12-15)16-13-9-6-10-14-16/h5-14H,3-4H2,1-2H3,(H,22,23)(H,24,25). The normalized spacial score (nSPS) is 12.8. The summed E-state index contributed by atoms with van der Waals surface area (Å²) in [5.74, 6) is -2.63. The first-order chi connectivity index (χ1) is 12.5. The van der Waals surface area contributed by atoms with Crippen molar-refractivity contribution in [2.45, 2.75) is 25.9 Å². The molecular weight excluding hydrogens is 332 g/mol. The summed E-state index contributed by atoms with van der Waals surface area (Å²) in [5.41, 5.74) is -0.630. The van der Waals surface area contributed by atoms with Crippen molar-refractivity contribution in [3.05, 3.63) is 77.4 Å². The summed E-state index contributed by atoms with van der Waals surface area (Å²) in [6, 6.07) is 17.8. The predicted octanol–water partition coefficient (Wildman–Crippen LogP) is 3.84. The summed E-state index contributed by atoms with van der Waals surface area (Å²) in [6.45, 7) is 3.34. The molecule has 2 N–H and O–H groups in total. The highest BCUT2D eigenvalue weighted by molar-refractivity contribution is 6.08. The second-order valence-corrected chi connectivity index (χ2v) is 5.71. The Labute approximate surface area is 152 Å². The molecule has 0 saturated carbocycles. The summed E-state index contributed by atoms with van der Waals surface area (Å²) in [6.07, 6.45) is -0.0129. The number of aliphatic carboxylic acids is 2. The number of hydrogen-bond donors (Lipinski definition) is 2. The van der Waals surface area contributed by atoms with Gasteiger partial charge in [0.25, 0.3) is 0 Å². The van der Waals surface area contributed by atoms with E-state index in [9.17, 15) is 19.8 Å². The van der Waals surface area contributed by atoms with Crippen LogP contribution in [0.1, 0.15) is 31.4 Å². The highest BCUT2D eigenvalue weighted by atomic mass is 16.5. The Hall–Kier alpha value is -2.92. The van der Waals surface area contributed by atoms with Gasteiger partial charge in [0.15, 0.2) is 5.60 Å². The van der Waals surface area contributed by atoms with E-state index in [1.165, 1.54) is 0 Å². The smallest absolute Gasteiger partial charge is 0.340 e. The van der Waals surface area contributed by atoms with Crippen molar-refractivity contribution < 1.29 is 24.5 Å². The van der Waals surface area contributed by atoms with Gasteiger partial charge in [-0.25, -0.2) is 9.59 Å². The van der Waals surface area contributed by atoms with Crippen molar-refractivity contribution in [2.24, 2.45) is 0 Å². The van der Waals surface area contributed by atoms with Crippen LogP contribution in [0, 0.1) is 0 Å². The van der Waals surface area contributed by atoms with Crippen molar-refractivity contribution >= 4 is 17.5 Å². The van der Waals surface area contributed by atoms with Crippen LogP contribution in [0.5, 0.6) is 0 Å². The third-order valence-electron chi connectivity index (χ3n) is 4.23. The number of benzene rings is 2. The molecule has 2 aromatic carbocycles. The topological polar surface area (TPSA) is 83.8 Å². The van der Waals surface area contributed by atoms with Crippen molar-refractivity contribution in [3.63, 3.8) is 0 Å². The molecule has 0 saturated heterocycles. The summed E-state index contributed by atoms with van der Waals surface area (Å²) in [5, 5.41) is 19.9. The molecule has 0 heterocycles. The van der Waals surface area contributed by atoms with E-state index in [1.54, 1.807) is 62.4 Å². The van der Waals surface area contributed by atoms with Crippen LogP contribution in [-0.2, 0) is 14.3 Å². The van der Waals surface area contributed by atoms with Gasteiger partial charge in [-0.1, -0.05) is 67.6 Å². The van der Waals surface area contributed by atoms with Crippen molar-refractivity contribution in [3.8, 4) is 0 Å². The van der Waals surface area contributed by atoms with Crippen molar-refractivity contribution in [1.29, 1.82) is 0 Å². The number of hydrogen-bond acceptors (Lipinski definition) is 3. The van der Waals surface area contributed by atoms with E-state index in [0.717, 1.165) is 0 Å². The van der Waals surface area contributed by atoms with Gasteiger partial charge >= 0.3 is 11.9 Å². The zero-order chi connectivity index (χ0) is 19.2. The van der Waals surface area contributed by atoms with Crippen LogP contribution in [0.3, 0.4) is 0 Å². The maximum absolute atomic E-state index is 12.3. The molecule has 0 aliphatic carbocycles. The Morgan fingerprint density at radius 2 is 1.35 bits per heavy atom. The number of carbonyl (C=O) groups is 2. The van der Waals surface area contributed by atoms with Gasteiger partial charge in [-0.2, -0.15) is 0 Å². The van der Waals surface area contributed by atoms with Crippen LogP contribution in [0.25, 0.3) is 5.57 Å². The lowest BCUT2D eigenvalue weighted by Crippen LogP contribution is -2.46. The Morgan fingerprint density at radius 1 is 0.885 bits per heavy atom. The maximum Gasteiger partial charge on any atom is 0.340 e. The summed E-state index contributed by atoms with van der Waals surface area (Å²) < 4.78 is 5.55. The molecule has 1 atom stereocenters. The molecular formula is C21H22O5. The van der Waals surface area contributed by atoms with E-state index in [1.807, 2.05) is 12.1 Å². The van der Waals surface area contributed by atoms with E-state index in [2.05, 4.69) is 0 Å². The minimum Gasteiger partial charge on any atom is -0.479 e. The summed E-state index contributed by atoms with van der Waals surface area (Å²) >= 11 is 0. The van der Waals surface area contributed by atoms with Crippen LogP contribution >= 0.6 is 0 Å². The molecule has 5 heteroatoms. The fraction of sp³-hybridized carbons (Fsp3) is 0.238. The van der Waals surface area contributed by atoms with E-state index in [0.29, 0.717) is 16.7 Å². The third kappa shape index (κ3) is 3.68. The predicted molar refractivity (Wildman–Crippen MR) is 98.8 cm³/mol. The van der Waals surface area contributed by atoms with Crippen LogP contribution in [0.15, 0.2) is 66.2 Å². The zero-order valence-electron chi connectivity index (χ0n) is 14.8. The van der Waals surface area contributed by atoms with Gasteiger partial charge in [-0.3, -0.25) is 0 Å². The van der Waals surface area contributed by atoms with Crippen LogP contribution in [-0.4, -0.2) is 34.4 Å². The molecule has 0 bridgehead atoms. The molecule has 2 aromatic rings. The van der Waals surface area contributed by atoms with Gasteiger partial charge in [-0.15, -0.1) is 0 Å². The SMILES string of the molecule is CCOC(CC)(C(=O)O)C(C(=O)O)=C(c1ccccc1)c1ccccc1. The monoisotopic (exact) mass is 354 g/mol. The maximum atomic E-state index is 12.3. The Bertz CT molecular complexity index is 754. The van der Waals surface area contributed by atoms with Gasteiger partial charge in [0.05, 0.1) is 5.57 Å². The second kappa shape index (κ2) is 8.45. The Kier molecular flexibility index (Phi) is 6.31. The highest BCUT2D eigenvalue weighted by Gasteiger charge is 2.47. The van der Waals surface area contributed by atoms with Gasteiger partial charge in [0.2, 0.25) is 0 Å². The average molecular weight is 354 g/mol. The lowest BCUT2D eigenvalue weighted by molar-refractivity contribution is -0.164. The molecule has 0 fully saturated rings. The van der Waals surface area contributed by atoms with Crippen LogP contribution in [0.2, 0.25) is 0 Å². The molecule has 0 aliphatic rings. The minimum absolute atomic E-state index is 0.0129. The molecule has 136 valence electrons. The first kappa shape index (κ1) is 19.4. The molecule has 0 amide bonds. The summed E-state index contributed by atoms with van der Waals surface area (Å²) in [7, 11) is 0. The van der Waals surface area contributed by atoms with E-state index in [4.69, 9.17) is 4.74 Å². The molecule has 5 nitrogen and oxygen atoms in total. The number of ether oxygens (including phenoxy) is 1. The highest BCUT2D eigenvalue weighted by Crippen LogP contribution is 2.36. The van der Waals surface area contributed by atoms with Gasteiger partial charge < -0.3 is 14.9 Å². The first-order valence-electron chi connectivity index (χ1n) is 8.44. The van der Waals surface area contributed by atoms with Gasteiger partial charge in [0.1, 0.15) is 0 Å². The van der Waals surface area contributed by atoms with Crippen molar-refractivity contribution in [2.75, 3.05) is 6.61 Å². The minimum atomic E-state index is -1.94. The fourth-order valence-corrected chi connectivity index (χ4v) is 3.06. The Balaban J connectivity index is 2.94. The zero-order valence-corrected chi connectivity index (χ0v) is 14.8. The molecule has 1 unspecified atom stereocenters. The average Bonchev–Trinajstić information content (AvgIpc) is 2.65. The summed E-state index contributed by atoms with van der Waals surface area (Å²) in [4.78, 5) is 24.4. The number of carboxylic acid groups (broad SMARTS) is 2. The van der Waals surface area contributed by atoms with Crippen LogP contribution < -0.4 is 0 Å².